The van der Waals surface area contributed by atoms with E-state index < -0.39 is 5.54 Å². The normalized spacial score (nSPS) is 15.4. The average Bonchev–Trinajstić information content (AvgIpc) is 2.41. The van der Waals surface area contributed by atoms with Crippen LogP contribution in [0, 0.1) is 0 Å². The topological polar surface area (TPSA) is 38.3 Å². The van der Waals surface area contributed by atoms with Crippen molar-refractivity contribution >= 4 is 33.7 Å². The summed E-state index contributed by atoms with van der Waals surface area (Å²) in [6.07, 6.45) is 0.703. The highest BCUT2D eigenvalue weighted by Gasteiger charge is 2.34. The lowest BCUT2D eigenvalue weighted by Gasteiger charge is -2.29. The summed E-state index contributed by atoms with van der Waals surface area (Å²) in [5.41, 5.74) is -0.649. The number of ether oxygens (including phenoxy) is 1. The first-order chi connectivity index (χ1) is 9.42. The van der Waals surface area contributed by atoms with E-state index in [4.69, 9.17) is 4.74 Å². The molecule has 5 heteroatoms. The molecular weight excluding hydrogens is 338 g/mol. The molecule has 0 fully saturated rings. The molecule has 0 aliphatic rings. The number of esters is 1. The summed E-state index contributed by atoms with van der Waals surface area (Å²) >= 11 is 5.30. The number of hydrogen-bond acceptors (Lipinski definition) is 4. The van der Waals surface area contributed by atoms with Crippen LogP contribution >= 0.6 is 27.7 Å². The molecule has 0 bridgehead atoms. The summed E-state index contributed by atoms with van der Waals surface area (Å²) in [7, 11) is 1.80. The number of hydrogen-bond donors (Lipinski definition) is 1. The summed E-state index contributed by atoms with van der Waals surface area (Å²) in [5, 5.41) is 3.38. The van der Waals surface area contributed by atoms with Gasteiger partial charge in [0, 0.05) is 14.6 Å². The monoisotopic (exact) mass is 359 g/mol. The smallest absolute Gasteiger partial charge is 0.326 e. The minimum absolute atomic E-state index is 0.193. The van der Waals surface area contributed by atoms with Gasteiger partial charge in [-0.25, -0.2) is 0 Å². The van der Waals surface area contributed by atoms with Gasteiger partial charge in [-0.3, -0.25) is 4.79 Å². The Balaban J connectivity index is 2.70. The van der Waals surface area contributed by atoms with Crippen molar-refractivity contribution in [3.8, 4) is 0 Å². The number of nitrogens with one attached hydrogen (secondary N) is 1. The summed E-state index contributed by atoms with van der Waals surface area (Å²) in [6, 6.07) is 8.11. The zero-order chi connectivity index (χ0) is 15.2. The Hall–Kier alpha value is -0.520. The molecule has 20 heavy (non-hydrogen) atoms. The Kier molecular flexibility index (Phi) is 7.06. The molecule has 0 spiro atoms. The van der Waals surface area contributed by atoms with Gasteiger partial charge in [0.1, 0.15) is 5.54 Å². The lowest BCUT2D eigenvalue weighted by Crippen LogP contribution is -2.50. The van der Waals surface area contributed by atoms with Crippen LogP contribution in [0.5, 0.6) is 0 Å². The Morgan fingerprint density at radius 2 is 2.15 bits per heavy atom. The van der Waals surface area contributed by atoms with Gasteiger partial charge in [0.25, 0.3) is 0 Å². The molecule has 1 N–H and O–H groups in total. The largest absolute Gasteiger partial charge is 0.465 e. The van der Waals surface area contributed by atoms with Gasteiger partial charge in [-0.2, -0.15) is 0 Å². The van der Waals surface area contributed by atoms with Gasteiger partial charge in [-0.05, 0) is 55.4 Å². The van der Waals surface area contributed by atoms with Crippen LogP contribution in [0.25, 0.3) is 0 Å². The van der Waals surface area contributed by atoms with Crippen LogP contribution in [0.4, 0.5) is 0 Å². The van der Waals surface area contributed by atoms with Crippen molar-refractivity contribution in [2.75, 3.05) is 13.7 Å². The third-order valence-corrected chi connectivity index (χ3v) is 5.27. The van der Waals surface area contributed by atoms with Crippen molar-refractivity contribution in [2.24, 2.45) is 0 Å². The third kappa shape index (κ3) is 4.79. The molecule has 0 saturated carbocycles. The number of halogens is 1. The van der Waals surface area contributed by atoms with Crippen LogP contribution in [-0.4, -0.2) is 30.4 Å². The molecule has 1 rings (SSSR count). The second-order valence-corrected chi connectivity index (χ2v) is 7.20. The zero-order valence-electron chi connectivity index (χ0n) is 12.4. The highest BCUT2D eigenvalue weighted by Crippen LogP contribution is 2.33. The van der Waals surface area contributed by atoms with Crippen LogP contribution < -0.4 is 5.32 Å². The molecule has 0 saturated heterocycles. The van der Waals surface area contributed by atoms with Crippen LogP contribution in [0.1, 0.15) is 27.2 Å². The molecule has 0 radical (unpaired) electrons. The maximum Gasteiger partial charge on any atom is 0.326 e. The van der Waals surface area contributed by atoms with Crippen molar-refractivity contribution in [3.05, 3.63) is 28.7 Å². The predicted molar refractivity (Wildman–Crippen MR) is 88.2 cm³/mol. The van der Waals surface area contributed by atoms with E-state index in [0.717, 1.165) is 4.47 Å². The number of thioether (sulfide) groups is 1. The molecule has 0 aromatic heterocycles. The Labute approximate surface area is 134 Å². The molecular formula is C15H22BrNO2S. The van der Waals surface area contributed by atoms with Gasteiger partial charge < -0.3 is 10.1 Å². The molecule has 3 nitrogen and oxygen atoms in total. The first kappa shape index (κ1) is 17.5. The molecule has 112 valence electrons. The van der Waals surface area contributed by atoms with Crippen molar-refractivity contribution in [2.45, 2.75) is 42.9 Å². The summed E-state index contributed by atoms with van der Waals surface area (Å²) < 4.78 is 6.24. The van der Waals surface area contributed by atoms with E-state index in [1.165, 1.54) is 4.90 Å². The van der Waals surface area contributed by atoms with Gasteiger partial charge in [0.05, 0.1) is 6.61 Å². The molecule has 0 amide bonds. The first-order valence-electron chi connectivity index (χ1n) is 6.70. The molecule has 1 aromatic carbocycles. The molecule has 0 aliphatic carbocycles. The molecule has 1 aromatic rings. The quantitative estimate of drug-likeness (QED) is 0.592. The summed E-state index contributed by atoms with van der Waals surface area (Å²) in [4.78, 5) is 13.2. The van der Waals surface area contributed by atoms with Gasteiger partial charge in [0.2, 0.25) is 0 Å². The minimum Gasteiger partial charge on any atom is -0.465 e. The zero-order valence-corrected chi connectivity index (χ0v) is 14.8. The van der Waals surface area contributed by atoms with E-state index in [-0.39, 0.29) is 11.2 Å². The maximum absolute atomic E-state index is 12.0. The second kappa shape index (κ2) is 8.05. The molecule has 0 aliphatic heterocycles. The average molecular weight is 360 g/mol. The van der Waals surface area contributed by atoms with E-state index in [1.54, 1.807) is 18.8 Å². The van der Waals surface area contributed by atoms with E-state index in [1.807, 2.05) is 32.0 Å². The summed E-state index contributed by atoms with van der Waals surface area (Å²) in [6.45, 7) is 6.25. The van der Waals surface area contributed by atoms with E-state index in [9.17, 15) is 4.79 Å². The first-order valence-corrected chi connectivity index (χ1v) is 8.37. The third-order valence-electron chi connectivity index (χ3n) is 3.14. The number of likely N-dealkylation sites (N-methyl/N-ethyl adjacent to an activating group) is 1. The van der Waals surface area contributed by atoms with Crippen LogP contribution in [0.15, 0.2) is 33.6 Å². The van der Waals surface area contributed by atoms with Crippen molar-refractivity contribution in [1.82, 2.24) is 5.32 Å². The van der Waals surface area contributed by atoms with Crippen LogP contribution in [-0.2, 0) is 9.53 Å². The fourth-order valence-corrected chi connectivity index (χ4v) is 3.70. The Morgan fingerprint density at radius 1 is 1.50 bits per heavy atom. The maximum atomic E-state index is 12.0. The SMILES string of the molecule is CCOC(=O)C(C)(CC(C)Sc1ccccc1Br)NC. The van der Waals surface area contributed by atoms with E-state index in [0.29, 0.717) is 13.0 Å². The standard InChI is InChI=1S/C15H22BrNO2S/c1-5-19-14(18)15(3,17-4)10-11(2)20-13-9-7-6-8-12(13)16/h6-9,11,17H,5,10H2,1-4H3. The molecule has 0 heterocycles. The number of carbonyl (C=O) groups excluding carboxylic acids is 1. The molecule has 2 atom stereocenters. The Morgan fingerprint density at radius 3 is 2.70 bits per heavy atom. The van der Waals surface area contributed by atoms with E-state index in [2.05, 4.69) is 34.2 Å². The van der Waals surface area contributed by atoms with Crippen molar-refractivity contribution in [3.63, 3.8) is 0 Å². The fraction of sp³-hybridized carbons (Fsp3) is 0.533. The number of rotatable bonds is 7. The highest BCUT2D eigenvalue weighted by atomic mass is 79.9. The molecule has 2 unspecified atom stereocenters. The fourth-order valence-electron chi connectivity index (χ4n) is 1.95. The second-order valence-electron chi connectivity index (χ2n) is 4.87. The van der Waals surface area contributed by atoms with Crippen molar-refractivity contribution in [1.29, 1.82) is 0 Å². The lowest BCUT2D eigenvalue weighted by atomic mass is 9.96. The summed E-state index contributed by atoms with van der Waals surface area (Å²) in [5.74, 6) is -0.193. The number of benzene rings is 1. The number of carbonyl (C=O) groups is 1. The van der Waals surface area contributed by atoms with Gasteiger partial charge in [-0.15, -0.1) is 11.8 Å². The van der Waals surface area contributed by atoms with Gasteiger partial charge in [-0.1, -0.05) is 19.1 Å². The van der Waals surface area contributed by atoms with Crippen molar-refractivity contribution < 1.29 is 9.53 Å². The lowest BCUT2D eigenvalue weighted by molar-refractivity contribution is -0.150. The Bertz CT molecular complexity index is 455. The van der Waals surface area contributed by atoms with Gasteiger partial charge in [0.15, 0.2) is 0 Å². The highest BCUT2D eigenvalue weighted by molar-refractivity contribution is 9.10. The van der Waals surface area contributed by atoms with E-state index >= 15 is 0 Å². The van der Waals surface area contributed by atoms with Crippen LogP contribution in [0.2, 0.25) is 0 Å². The minimum atomic E-state index is -0.649. The van der Waals surface area contributed by atoms with Gasteiger partial charge >= 0.3 is 5.97 Å². The van der Waals surface area contributed by atoms with Crippen LogP contribution in [0.3, 0.4) is 0 Å². The predicted octanol–water partition coefficient (Wildman–Crippen LogP) is 3.86.